The number of hydrogen-bond donors (Lipinski definition) is 0. The summed E-state index contributed by atoms with van der Waals surface area (Å²) in [5.74, 6) is 0.749. The molecule has 7 heteroatoms. The minimum Gasteiger partial charge on any atom is -0.490 e. The summed E-state index contributed by atoms with van der Waals surface area (Å²) in [4.78, 5) is 30.7. The summed E-state index contributed by atoms with van der Waals surface area (Å²) < 4.78 is 16.7. The zero-order valence-electron chi connectivity index (χ0n) is 17.5. The topological polar surface area (TPSA) is 78.0 Å². The number of esters is 1. The zero-order chi connectivity index (χ0) is 21.3. The summed E-state index contributed by atoms with van der Waals surface area (Å²) in [6, 6.07) is 9.03. The van der Waals surface area contributed by atoms with Crippen LogP contribution in [0.15, 0.2) is 42.7 Å². The Morgan fingerprint density at radius 2 is 1.87 bits per heavy atom. The Bertz CT molecular complexity index is 848. The highest BCUT2D eigenvalue weighted by Gasteiger charge is 2.29. The highest BCUT2D eigenvalue weighted by atomic mass is 16.5. The molecule has 0 saturated carbocycles. The standard InChI is InChI=1S/C23H28N2O5/c1-3-28-21-14-19(7-8-20(21)30-16-17-6-5-11-24-15-17)22(26)25-12-9-18(10-13-25)23(27)29-4-2/h5-8,11,14-15,18H,3-4,9-10,12-13,16H2,1-2H3. The maximum absolute atomic E-state index is 13.0. The average molecular weight is 412 g/mol. The quantitative estimate of drug-likeness (QED) is 0.618. The van der Waals surface area contributed by atoms with Gasteiger partial charge in [-0.1, -0.05) is 6.07 Å². The molecule has 3 rings (SSSR count). The van der Waals surface area contributed by atoms with Gasteiger partial charge in [0.1, 0.15) is 6.61 Å². The molecule has 7 nitrogen and oxygen atoms in total. The molecular weight excluding hydrogens is 384 g/mol. The van der Waals surface area contributed by atoms with Crippen molar-refractivity contribution in [2.45, 2.75) is 33.3 Å². The predicted molar refractivity (Wildman–Crippen MR) is 111 cm³/mol. The maximum Gasteiger partial charge on any atom is 0.309 e. The Kier molecular flexibility index (Phi) is 7.65. The first-order valence-corrected chi connectivity index (χ1v) is 10.4. The van der Waals surface area contributed by atoms with Gasteiger partial charge in [-0.3, -0.25) is 14.6 Å². The predicted octanol–water partition coefficient (Wildman–Crippen LogP) is 3.47. The zero-order valence-corrected chi connectivity index (χ0v) is 17.5. The van der Waals surface area contributed by atoms with Gasteiger partial charge in [0.2, 0.25) is 0 Å². The van der Waals surface area contributed by atoms with E-state index in [0.29, 0.717) is 62.8 Å². The lowest BCUT2D eigenvalue weighted by Crippen LogP contribution is -2.40. The Morgan fingerprint density at radius 1 is 1.07 bits per heavy atom. The third-order valence-electron chi connectivity index (χ3n) is 5.01. The molecule has 160 valence electrons. The number of amides is 1. The number of ether oxygens (including phenoxy) is 3. The number of aromatic nitrogens is 1. The summed E-state index contributed by atoms with van der Waals surface area (Å²) in [6.45, 7) is 5.97. The van der Waals surface area contributed by atoms with E-state index in [0.717, 1.165) is 5.56 Å². The number of pyridine rings is 1. The molecule has 0 spiro atoms. The molecule has 0 atom stereocenters. The number of carbonyl (C=O) groups excluding carboxylic acids is 2. The van der Waals surface area contributed by atoms with Gasteiger partial charge in [0, 0.05) is 36.6 Å². The van der Waals surface area contributed by atoms with Crippen LogP contribution in [0, 0.1) is 5.92 Å². The lowest BCUT2D eigenvalue weighted by atomic mass is 9.96. The molecular formula is C23H28N2O5. The molecule has 1 saturated heterocycles. The second-order valence-electron chi connectivity index (χ2n) is 7.06. The highest BCUT2D eigenvalue weighted by Crippen LogP contribution is 2.30. The first kappa shape index (κ1) is 21.6. The fourth-order valence-corrected chi connectivity index (χ4v) is 3.43. The number of hydrogen-bond acceptors (Lipinski definition) is 6. The second-order valence-corrected chi connectivity index (χ2v) is 7.06. The molecule has 0 aliphatic carbocycles. The van der Waals surface area contributed by atoms with Crippen LogP contribution in [0.25, 0.3) is 0 Å². The van der Waals surface area contributed by atoms with Crippen LogP contribution >= 0.6 is 0 Å². The highest BCUT2D eigenvalue weighted by molar-refractivity contribution is 5.95. The van der Waals surface area contributed by atoms with Gasteiger partial charge >= 0.3 is 5.97 Å². The van der Waals surface area contributed by atoms with Gasteiger partial charge in [0.15, 0.2) is 11.5 Å². The van der Waals surface area contributed by atoms with E-state index in [9.17, 15) is 9.59 Å². The number of likely N-dealkylation sites (tertiary alicyclic amines) is 1. The van der Waals surface area contributed by atoms with Crippen LogP contribution in [0.4, 0.5) is 0 Å². The molecule has 0 unspecified atom stereocenters. The van der Waals surface area contributed by atoms with E-state index in [1.807, 2.05) is 19.1 Å². The molecule has 30 heavy (non-hydrogen) atoms. The second kappa shape index (κ2) is 10.6. The van der Waals surface area contributed by atoms with Crippen molar-refractivity contribution in [1.82, 2.24) is 9.88 Å². The molecule has 0 bridgehead atoms. The normalized spacial score (nSPS) is 14.3. The molecule has 0 N–H and O–H groups in total. The van der Waals surface area contributed by atoms with Gasteiger partial charge in [-0.05, 0) is 51.0 Å². The van der Waals surface area contributed by atoms with Crippen molar-refractivity contribution in [2.75, 3.05) is 26.3 Å². The number of nitrogens with zero attached hydrogens (tertiary/aromatic N) is 2. The van der Waals surface area contributed by atoms with Crippen molar-refractivity contribution in [3.63, 3.8) is 0 Å². The SMILES string of the molecule is CCOC(=O)C1CCN(C(=O)c2ccc(OCc3cccnc3)c(OCC)c2)CC1. The van der Waals surface area contributed by atoms with Gasteiger partial charge in [-0.15, -0.1) is 0 Å². The Labute approximate surface area is 177 Å². The molecule has 2 aromatic rings. The van der Waals surface area contributed by atoms with E-state index in [2.05, 4.69) is 4.98 Å². The smallest absolute Gasteiger partial charge is 0.309 e. The fraction of sp³-hybridized carbons (Fsp3) is 0.435. The van der Waals surface area contributed by atoms with E-state index in [4.69, 9.17) is 14.2 Å². The first-order valence-electron chi connectivity index (χ1n) is 10.4. The van der Waals surface area contributed by atoms with Crippen LogP contribution in [-0.2, 0) is 16.1 Å². The largest absolute Gasteiger partial charge is 0.490 e. The van der Waals surface area contributed by atoms with E-state index >= 15 is 0 Å². The van der Waals surface area contributed by atoms with E-state index < -0.39 is 0 Å². The number of benzene rings is 1. The number of piperidine rings is 1. The van der Waals surface area contributed by atoms with E-state index in [1.165, 1.54) is 0 Å². The van der Waals surface area contributed by atoms with Crippen molar-refractivity contribution < 1.29 is 23.8 Å². The first-order chi connectivity index (χ1) is 14.6. The molecule has 1 aromatic heterocycles. The van der Waals surface area contributed by atoms with Crippen LogP contribution in [0.1, 0.15) is 42.6 Å². The summed E-state index contributed by atoms with van der Waals surface area (Å²) in [5, 5.41) is 0. The summed E-state index contributed by atoms with van der Waals surface area (Å²) in [7, 11) is 0. The van der Waals surface area contributed by atoms with Crippen molar-refractivity contribution in [2.24, 2.45) is 5.92 Å². The van der Waals surface area contributed by atoms with E-state index in [1.54, 1.807) is 42.4 Å². The van der Waals surface area contributed by atoms with Crippen LogP contribution in [0.2, 0.25) is 0 Å². The monoisotopic (exact) mass is 412 g/mol. The maximum atomic E-state index is 13.0. The van der Waals surface area contributed by atoms with Gasteiger partial charge < -0.3 is 19.1 Å². The third kappa shape index (κ3) is 5.49. The molecule has 1 aliphatic heterocycles. The van der Waals surface area contributed by atoms with Crippen molar-refractivity contribution >= 4 is 11.9 Å². The Hall–Kier alpha value is -3.09. The summed E-state index contributed by atoms with van der Waals surface area (Å²) in [5.41, 5.74) is 1.49. The molecule has 2 heterocycles. The fourth-order valence-electron chi connectivity index (χ4n) is 3.43. The van der Waals surface area contributed by atoms with Crippen LogP contribution < -0.4 is 9.47 Å². The van der Waals surface area contributed by atoms with Gasteiger partial charge in [0.05, 0.1) is 19.1 Å². The van der Waals surface area contributed by atoms with Crippen LogP contribution in [0.5, 0.6) is 11.5 Å². The van der Waals surface area contributed by atoms with Gasteiger partial charge in [0.25, 0.3) is 5.91 Å². The van der Waals surface area contributed by atoms with Gasteiger partial charge in [-0.2, -0.15) is 0 Å². The molecule has 0 radical (unpaired) electrons. The summed E-state index contributed by atoms with van der Waals surface area (Å²) in [6.07, 6.45) is 4.70. The van der Waals surface area contributed by atoms with Crippen LogP contribution in [-0.4, -0.2) is 48.1 Å². The Morgan fingerprint density at radius 3 is 2.53 bits per heavy atom. The van der Waals surface area contributed by atoms with Crippen molar-refractivity contribution in [1.29, 1.82) is 0 Å². The molecule has 1 aliphatic rings. The molecule has 1 fully saturated rings. The third-order valence-corrected chi connectivity index (χ3v) is 5.01. The van der Waals surface area contributed by atoms with Gasteiger partial charge in [-0.25, -0.2) is 0 Å². The minimum absolute atomic E-state index is 0.0722. The molecule has 1 amide bonds. The van der Waals surface area contributed by atoms with Crippen molar-refractivity contribution in [3.8, 4) is 11.5 Å². The van der Waals surface area contributed by atoms with E-state index in [-0.39, 0.29) is 17.8 Å². The number of rotatable bonds is 8. The molecule has 1 aromatic carbocycles. The number of carbonyl (C=O) groups is 2. The summed E-state index contributed by atoms with van der Waals surface area (Å²) >= 11 is 0. The van der Waals surface area contributed by atoms with Crippen LogP contribution in [0.3, 0.4) is 0 Å². The van der Waals surface area contributed by atoms with Crippen molar-refractivity contribution in [3.05, 3.63) is 53.9 Å². The lowest BCUT2D eigenvalue weighted by molar-refractivity contribution is -0.149. The Balaban J connectivity index is 1.65. The average Bonchev–Trinajstić information content (AvgIpc) is 2.79. The minimum atomic E-state index is -0.168. The lowest BCUT2D eigenvalue weighted by Gasteiger charge is -2.31.